The molecule has 2 aromatic heterocycles. The van der Waals surface area contributed by atoms with Gasteiger partial charge in [-0.2, -0.15) is 0 Å². The van der Waals surface area contributed by atoms with E-state index in [9.17, 15) is 15.0 Å². The Labute approximate surface area is 170 Å². The second-order valence-electron chi connectivity index (χ2n) is 8.16. The Bertz CT molecular complexity index is 985. The van der Waals surface area contributed by atoms with Crippen molar-refractivity contribution in [3.8, 4) is 11.3 Å². The number of hydrogen-bond acceptors (Lipinski definition) is 6. The third kappa shape index (κ3) is 4.87. The molecule has 2 heterocycles. The van der Waals surface area contributed by atoms with Crippen molar-refractivity contribution < 1.29 is 15.0 Å². The van der Waals surface area contributed by atoms with Crippen LogP contribution in [0.4, 0.5) is 0 Å². The number of carbonyl (C=O) groups is 1. The number of benzene rings is 1. The topological polar surface area (TPSA) is 102 Å². The average Bonchev–Trinajstić information content (AvgIpc) is 3.10. The van der Waals surface area contributed by atoms with Crippen molar-refractivity contribution in [2.75, 3.05) is 26.3 Å². The molecule has 0 radical (unpaired) electrons. The number of aliphatic hydroxyl groups excluding tert-OH is 2. The molecule has 0 saturated carbocycles. The largest absolute Gasteiger partial charge is 0.395 e. The Hall–Kier alpha value is -2.61. The number of aromatic nitrogens is 3. The SMILES string of the molecule is CC(C)(C)C(=O)c1c[nH]c2ncc(-c3cccc(CN(CCO)CCO)c3)nc12. The summed E-state index contributed by atoms with van der Waals surface area (Å²) in [4.78, 5) is 26.9. The molecule has 1 aromatic carbocycles. The maximum absolute atomic E-state index is 12.8. The van der Waals surface area contributed by atoms with Gasteiger partial charge in [0.15, 0.2) is 11.4 Å². The van der Waals surface area contributed by atoms with Gasteiger partial charge in [-0.05, 0) is 11.6 Å². The lowest BCUT2D eigenvalue weighted by Crippen LogP contribution is -2.29. The fraction of sp³-hybridized carbons (Fsp3) is 0.409. The predicted octanol–water partition coefficient (Wildman–Crippen LogP) is 2.64. The van der Waals surface area contributed by atoms with Gasteiger partial charge in [0, 0.05) is 36.8 Å². The van der Waals surface area contributed by atoms with Crippen molar-refractivity contribution in [2.45, 2.75) is 27.3 Å². The van der Waals surface area contributed by atoms with Crippen molar-refractivity contribution in [3.63, 3.8) is 0 Å². The second kappa shape index (κ2) is 8.82. The summed E-state index contributed by atoms with van der Waals surface area (Å²) in [5, 5.41) is 18.4. The van der Waals surface area contributed by atoms with Gasteiger partial charge in [0.05, 0.1) is 30.7 Å². The highest BCUT2D eigenvalue weighted by Crippen LogP contribution is 2.27. The fourth-order valence-corrected chi connectivity index (χ4v) is 3.25. The quantitative estimate of drug-likeness (QED) is 0.506. The van der Waals surface area contributed by atoms with Gasteiger partial charge >= 0.3 is 0 Å². The van der Waals surface area contributed by atoms with Crippen molar-refractivity contribution in [1.29, 1.82) is 0 Å². The third-order valence-electron chi connectivity index (χ3n) is 4.77. The highest BCUT2D eigenvalue weighted by atomic mass is 16.3. The molecule has 7 heteroatoms. The molecule has 0 fully saturated rings. The molecule has 7 nitrogen and oxygen atoms in total. The molecular formula is C22H28N4O3. The summed E-state index contributed by atoms with van der Waals surface area (Å²) in [5.41, 5.74) is 3.86. The van der Waals surface area contributed by atoms with E-state index in [4.69, 9.17) is 4.98 Å². The standard InChI is InChI=1S/C22H28N4O3/c1-22(2,3)20(29)17-12-23-21-19(17)25-18(13-24-21)16-6-4-5-15(11-16)14-26(7-9-27)8-10-28/h4-6,11-13,27-28H,7-10,14H2,1-3H3,(H,23,24). The van der Waals surface area contributed by atoms with Crippen LogP contribution in [0.3, 0.4) is 0 Å². The number of ketones is 1. The Morgan fingerprint density at radius 2 is 1.90 bits per heavy atom. The summed E-state index contributed by atoms with van der Waals surface area (Å²) >= 11 is 0. The van der Waals surface area contributed by atoms with Gasteiger partial charge < -0.3 is 15.2 Å². The van der Waals surface area contributed by atoms with Crippen molar-refractivity contribution >= 4 is 16.9 Å². The fourth-order valence-electron chi connectivity index (χ4n) is 3.25. The van der Waals surface area contributed by atoms with E-state index in [1.54, 1.807) is 12.4 Å². The van der Waals surface area contributed by atoms with Crippen LogP contribution in [0.5, 0.6) is 0 Å². The summed E-state index contributed by atoms with van der Waals surface area (Å²) < 4.78 is 0. The summed E-state index contributed by atoms with van der Waals surface area (Å²) in [5.74, 6) is 0.0209. The van der Waals surface area contributed by atoms with Crippen LogP contribution in [0.25, 0.3) is 22.4 Å². The summed E-state index contributed by atoms with van der Waals surface area (Å²) in [6, 6.07) is 7.93. The zero-order valence-corrected chi connectivity index (χ0v) is 17.1. The zero-order chi connectivity index (χ0) is 21.0. The van der Waals surface area contributed by atoms with Gasteiger partial charge in [0.1, 0.15) is 5.52 Å². The molecule has 0 aliphatic heterocycles. The highest BCUT2D eigenvalue weighted by Gasteiger charge is 2.26. The first-order valence-corrected chi connectivity index (χ1v) is 9.76. The maximum Gasteiger partial charge on any atom is 0.171 e. The highest BCUT2D eigenvalue weighted by molar-refractivity contribution is 6.08. The number of H-pyrrole nitrogens is 1. The number of fused-ring (bicyclic) bond motifs is 1. The van der Waals surface area contributed by atoms with Gasteiger partial charge in [-0.1, -0.05) is 39.0 Å². The van der Waals surface area contributed by atoms with Crippen LogP contribution < -0.4 is 0 Å². The lowest BCUT2D eigenvalue weighted by atomic mass is 9.87. The number of Topliss-reactive ketones (excluding diaryl/α,β-unsaturated/α-hetero) is 1. The third-order valence-corrected chi connectivity index (χ3v) is 4.77. The Balaban J connectivity index is 1.93. The molecule has 3 rings (SSSR count). The molecule has 0 amide bonds. The molecule has 0 bridgehead atoms. The minimum absolute atomic E-state index is 0.0209. The first kappa shape index (κ1) is 21.1. The smallest absolute Gasteiger partial charge is 0.171 e. The molecule has 0 unspecified atom stereocenters. The lowest BCUT2D eigenvalue weighted by Gasteiger charge is -2.20. The second-order valence-corrected chi connectivity index (χ2v) is 8.16. The van der Waals surface area contributed by atoms with Crippen LogP contribution >= 0.6 is 0 Å². The molecule has 3 N–H and O–H groups in total. The molecule has 0 saturated heterocycles. The maximum atomic E-state index is 12.8. The average molecular weight is 396 g/mol. The van der Waals surface area contributed by atoms with E-state index in [1.165, 1.54) is 0 Å². The van der Waals surface area contributed by atoms with E-state index in [0.717, 1.165) is 11.1 Å². The minimum atomic E-state index is -0.504. The van der Waals surface area contributed by atoms with Crippen molar-refractivity contribution in [1.82, 2.24) is 19.9 Å². The number of hydrogen-bond donors (Lipinski definition) is 3. The van der Waals surface area contributed by atoms with Crippen LogP contribution in [0.1, 0.15) is 36.7 Å². The van der Waals surface area contributed by atoms with Crippen LogP contribution in [-0.4, -0.2) is 62.2 Å². The van der Waals surface area contributed by atoms with E-state index >= 15 is 0 Å². The van der Waals surface area contributed by atoms with Gasteiger partial charge in [-0.25, -0.2) is 9.97 Å². The number of aromatic amines is 1. The lowest BCUT2D eigenvalue weighted by molar-refractivity contribution is 0.0860. The molecular weight excluding hydrogens is 368 g/mol. The number of nitrogens with zero attached hydrogens (tertiary/aromatic N) is 3. The molecule has 154 valence electrons. The number of carbonyl (C=O) groups excluding carboxylic acids is 1. The normalized spacial score (nSPS) is 12.1. The Morgan fingerprint density at radius 1 is 1.17 bits per heavy atom. The van der Waals surface area contributed by atoms with E-state index in [1.807, 2.05) is 49.9 Å². The molecule has 3 aromatic rings. The van der Waals surface area contributed by atoms with Gasteiger partial charge in [0.25, 0.3) is 0 Å². The van der Waals surface area contributed by atoms with Crippen LogP contribution in [0.2, 0.25) is 0 Å². The molecule has 0 atom stereocenters. The summed E-state index contributed by atoms with van der Waals surface area (Å²) in [6.07, 6.45) is 3.38. The Morgan fingerprint density at radius 3 is 2.55 bits per heavy atom. The van der Waals surface area contributed by atoms with E-state index in [0.29, 0.717) is 42.1 Å². The molecule has 0 aliphatic carbocycles. The van der Waals surface area contributed by atoms with Crippen LogP contribution in [-0.2, 0) is 6.54 Å². The number of rotatable bonds is 8. The van der Waals surface area contributed by atoms with Gasteiger partial charge in [0.2, 0.25) is 0 Å². The van der Waals surface area contributed by atoms with Crippen LogP contribution in [0, 0.1) is 5.41 Å². The van der Waals surface area contributed by atoms with E-state index < -0.39 is 5.41 Å². The van der Waals surface area contributed by atoms with Gasteiger partial charge in [-0.3, -0.25) is 9.69 Å². The first-order chi connectivity index (χ1) is 13.8. The number of nitrogens with one attached hydrogen (secondary N) is 1. The zero-order valence-electron chi connectivity index (χ0n) is 17.1. The van der Waals surface area contributed by atoms with E-state index in [-0.39, 0.29) is 19.0 Å². The summed E-state index contributed by atoms with van der Waals surface area (Å²) in [6.45, 7) is 7.36. The Kier molecular flexibility index (Phi) is 6.42. The molecule has 29 heavy (non-hydrogen) atoms. The van der Waals surface area contributed by atoms with Crippen molar-refractivity contribution in [3.05, 3.63) is 47.8 Å². The van der Waals surface area contributed by atoms with Crippen LogP contribution in [0.15, 0.2) is 36.7 Å². The van der Waals surface area contributed by atoms with E-state index in [2.05, 4.69) is 9.97 Å². The van der Waals surface area contributed by atoms with Gasteiger partial charge in [-0.15, -0.1) is 0 Å². The molecule has 0 spiro atoms. The summed E-state index contributed by atoms with van der Waals surface area (Å²) in [7, 11) is 0. The minimum Gasteiger partial charge on any atom is -0.395 e. The van der Waals surface area contributed by atoms with Crippen molar-refractivity contribution in [2.24, 2.45) is 5.41 Å². The predicted molar refractivity (Wildman–Crippen MR) is 113 cm³/mol. The monoisotopic (exact) mass is 396 g/mol. The number of aliphatic hydroxyl groups is 2. The first-order valence-electron chi connectivity index (χ1n) is 9.76. The molecule has 0 aliphatic rings.